The van der Waals surface area contributed by atoms with Crippen LogP contribution < -0.4 is 5.32 Å². The quantitative estimate of drug-likeness (QED) is 0.146. The van der Waals surface area contributed by atoms with E-state index in [0.29, 0.717) is 0 Å². The van der Waals surface area contributed by atoms with Gasteiger partial charge in [0.15, 0.2) is 6.29 Å². The van der Waals surface area contributed by atoms with E-state index in [9.17, 15) is 56.2 Å². The molecule has 0 spiro atoms. The number of aliphatic hydroxyl groups excluding tert-OH is 11. The number of nitrogens with one attached hydrogen (secondary N) is 1. The fourth-order valence-electron chi connectivity index (χ4n) is 4.77. The molecule has 0 amide bonds. The summed E-state index contributed by atoms with van der Waals surface area (Å²) in [5, 5.41) is 113. The molecule has 34 heavy (non-hydrogen) atoms. The van der Waals surface area contributed by atoms with E-state index in [1.807, 2.05) is 0 Å². The summed E-state index contributed by atoms with van der Waals surface area (Å²) in [6.45, 7) is -1.80. The highest BCUT2D eigenvalue weighted by molar-refractivity contribution is 5.22. The Morgan fingerprint density at radius 1 is 0.794 bits per heavy atom. The van der Waals surface area contributed by atoms with Crippen LogP contribution in [0.15, 0.2) is 11.6 Å². The van der Waals surface area contributed by atoms with Crippen LogP contribution in [0, 0.1) is 5.92 Å². The first-order chi connectivity index (χ1) is 16.0. The van der Waals surface area contributed by atoms with Gasteiger partial charge in [-0.05, 0) is 12.0 Å². The minimum Gasteiger partial charge on any atom is -0.396 e. The van der Waals surface area contributed by atoms with Crippen LogP contribution in [0.3, 0.4) is 0 Å². The summed E-state index contributed by atoms with van der Waals surface area (Å²) in [7, 11) is 0. The predicted molar refractivity (Wildman–Crippen MR) is 110 cm³/mol. The topological polar surface area (TPSA) is 253 Å². The molecule has 2 fully saturated rings. The second-order valence-electron chi connectivity index (χ2n) is 9.08. The van der Waals surface area contributed by atoms with Crippen LogP contribution in [0.25, 0.3) is 0 Å². The maximum absolute atomic E-state index is 10.7. The molecule has 10 unspecified atom stereocenters. The standard InChI is InChI=1S/C20H35NO13/c22-3-6-1-8(12(26)15(29)11(6)25)21-9-2-7(4-23)19(17(31)13(9)27)34-20-18(32)16(30)14(28)10(5-24)33-20/h1,7-32H,2-5H2/t7-,8?,9+,10?,11?,12?,13?,14?,15+,16?,17?,18?,19-,20?/m1/s1. The molecule has 1 aliphatic heterocycles. The smallest absolute Gasteiger partial charge is 0.187 e. The molecule has 0 bridgehead atoms. The van der Waals surface area contributed by atoms with Crippen molar-refractivity contribution in [3.05, 3.63) is 11.6 Å². The minimum absolute atomic E-state index is 0.0129. The third-order valence-corrected chi connectivity index (χ3v) is 6.90. The van der Waals surface area contributed by atoms with Crippen molar-refractivity contribution in [1.82, 2.24) is 5.32 Å². The number of aliphatic hydroxyl groups is 11. The van der Waals surface area contributed by atoms with Crippen molar-refractivity contribution in [1.29, 1.82) is 0 Å². The van der Waals surface area contributed by atoms with Crippen LogP contribution >= 0.6 is 0 Å². The minimum atomic E-state index is -1.75. The van der Waals surface area contributed by atoms with Crippen molar-refractivity contribution < 1.29 is 65.6 Å². The van der Waals surface area contributed by atoms with Gasteiger partial charge in [0.2, 0.25) is 0 Å². The number of ether oxygens (including phenoxy) is 2. The first-order valence-electron chi connectivity index (χ1n) is 11.1. The second kappa shape index (κ2) is 11.5. The van der Waals surface area contributed by atoms with Crippen molar-refractivity contribution in [3.8, 4) is 0 Å². The van der Waals surface area contributed by atoms with Crippen LogP contribution in [0.5, 0.6) is 0 Å². The fourth-order valence-corrected chi connectivity index (χ4v) is 4.77. The summed E-state index contributed by atoms with van der Waals surface area (Å²) in [5.74, 6) is -0.833. The van der Waals surface area contributed by atoms with Gasteiger partial charge in [-0.15, -0.1) is 0 Å². The lowest BCUT2D eigenvalue weighted by molar-refractivity contribution is -0.328. The van der Waals surface area contributed by atoms with Gasteiger partial charge in [-0.25, -0.2) is 0 Å². The number of hydrogen-bond acceptors (Lipinski definition) is 14. The third kappa shape index (κ3) is 5.30. The highest BCUT2D eigenvalue weighted by Crippen LogP contribution is 2.33. The van der Waals surface area contributed by atoms with Gasteiger partial charge in [-0.1, -0.05) is 6.08 Å². The third-order valence-electron chi connectivity index (χ3n) is 6.90. The SMILES string of the molecule is OCC1=CC(N[C@H]2C[C@H](CO)[C@@H](OC3OC(CO)C(O)C(O)C3O)C(O)C2O)C(O)[C@@H](O)C1O. The summed E-state index contributed by atoms with van der Waals surface area (Å²) in [6, 6.07) is -1.94. The Bertz CT molecular complexity index is 693. The van der Waals surface area contributed by atoms with Crippen molar-refractivity contribution in [3.63, 3.8) is 0 Å². The zero-order valence-corrected chi connectivity index (χ0v) is 18.2. The van der Waals surface area contributed by atoms with Gasteiger partial charge in [0, 0.05) is 18.6 Å². The first-order valence-corrected chi connectivity index (χ1v) is 11.1. The maximum atomic E-state index is 10.7. The lowest BCUT2D eigenvalue weighted by Gasteiger charge is -2.47. The Balaban J connectivity index is 1.73. The Morgan fingerprint density at radius 2 is 1.47 bits per heavy atom. The van der Waals surface area contributed by atoms with Gasteiger partial charge in [0.25, 0.3) is 0 Å². The van der Waals surface area contributed by atoms with Crippen molar-refractivity contribution >= 4 is 0 Å². The van der Waals surface area contributed by atoms with Gasteiger partial charge in [-0.2, -0.15) is 0 Å². The average molecular weight is 497 g/mol. The molecule has 0 radical (unpaired) electrons. The normalized spacial score (nSPS) is 50.1. The molecule has 3 aliphatic rings. The van der Waals surface area contributed by atoms with Crippen molar-refractivity contribution in [2.45, 2.75) is 85.8 Å². The first kappa shape index (κ1) is 27.8. The monoisotopic (exact) mass is 497 g/mol. The van der Waals surface area contributed by atoms with Crippen molar-refractivity contribution in [2.75, 3.05) is 19.8 Å². The van der Waals surface area contributed by atoms with Crippen LogP contribution in [0.1, 0.15) is 6.42 Å². The summed E-state index contributed by atoms with van der Waals surface area (Å²) in [4.78, 5) is 0. The molecular formula is C20H35NO13. The molecule has 1 saturated heterocycles. The number of rotatable bonds is 7. The molecule has 0 aromatic heterocycles. The van der Waals surface area contributed by atoms with E-state index in [1.165, 1.54) is 6.08 Å². The average Bonchev–Trinajstić information content (AvgIpc) is 2.83. The maximum Gasteiger partial charge on any atom is 0.187 e. The summed E-state index contributed by atoms with van der Waals surface area (Å²) in [6.07, 6.45) is -15.7. The molecule has 2 aliphatic carbocycles. The van der Waals surface area contributed by atoms with E-state index < -0.39 is 105 Å². The van der Waals surface area contributed by atoms with Gasteiger partial charge in [0.05, 0.1) is 31.5 Å². The molecule has 12 N–H and O–H groups in total. The van der Waals surface area contributed by atoms with Crippen LogP contribution in [-0.2, 0) is 9.47 Å². The van der Waals surface area contributed by atoms with Crippen LogP contribution in [0.2, 0.25) is 0 Å². The largest absolute Gasteiger partial charge is 0.396 e. The Morgan fingerprint density at radius 3 is 2.06 bits per heavy atom. The zero-order valence-electron chi connectivity index (χ0n) is 18.2. The van der Waals surface area contributed by atoms with E-state index in [-0.39, 0.29) is 12.0 Å². The zero-order chi connectivity index (χ0) is 25.3. The highest BCUT2D eigenvalue weighted by atomic mass is 16.7. The molecule has 14 atom stereocenters. The summed E-state index contributed by atoms with van der Waals surface area (Å²) >= 11 is 0. The van der Waals surface area contributed by atoms with Gasteiger partial charge < -0.3 is 71.0 Å². The number of hydrogen-bond donors (Lipinski definition) is 12. The van der Waals surface area contributed by atoms with Gasteiger partial charge >= 0.3 is 0 Å². The summed E-state index contributed by atoms with van der Waals surface area (Å²) in [5.41, 5.74) is 0.0590. The fraction of sp³-hybridized carbons (Fsp3) is 0.900. The molecule has 0 aromatic carbocycles. The van der Waals surface area contributed by atoms with Gasteiger partial charge in [-0.3, -0.25) is 0 Å². The van der Waals surface area contributed by atoms with E-state index in [0.717, 1.165) is 0 Å². The molecular weight excluding hydrogens is 462 g/mol. The molecule has 3 rings (SSSR count). The molecule has 1 heterocycles. The Kier molecular flexibility index (Phi) is 9.38. The van der Waals surface area contributed by atoms with Crippen LogP contribution in [0.4, 0.5) is 0 Å². The molecule has 1 saturated carbocycles. The van der Waals surface area contributed by atoms with Gasteiger partial charge in [0.1, 0.15) is 48.8 Å². The van der Waals surface area contributed by atoms with E-state index in [1.54, 1.807) is 0 Å². The Hall–Kier alpha value is -0.820. The molecule has 198 valence electrons. The lowest BCUT2D eigenvalue weighted by Crippen LogP contribution is -2.66. The second-order valence-corrected chi connectivity index (χ2v) is 9.08. The van der Waals surface area contributed by atoms with E-state index in [2.05, 4.69) is 5.32 Å². The lowest BCUT2D eigenvalue weighted by atomic mass is 9.78. The van der Waals surface area contributed by atoms with E-state index in [4.69, 9.17) is 9.47 Å². The highest BCUT2D eigenvalue weighted by Gasteiger charge is 2.50. The van der Waals surface area contributed by atoms with Crippen LogP contribution in [-0.4, -0.2) is 155 Å². The Labute approximate surface area is 194 Å². The molecule has 14 nitrogen and oxygen atoms in total. The summed E-state index contributed by atoms with van der Waals surface area (Å²) < 4.78 is 10.9. The molecule has 0 aromatic rings. The van der Waals surface area contributed by atoms with E-state index >= 15 is 0 Å². The predicted octanol–water partition coefficient (Wildman–Crippen LogP) is -6.75. The van der Waals surface area contributed by atoms with Crippen molar-refractivity contribution in [2.24, 2.45) is 5.92 Å². The molecule has 14 heteroatoms.